The Bertz CT molecular complexity index is 887. The van der Waals surface area contributed by atoms with Crippen molar-refractivity contribution in [2.75, 3.05) is 11.9 Å². The first-order valence-corrected chi connectivity index (χ1v) is 9.42. The van der Waals surface area contributed by atoms with Crippen LogP contribution in [0.1, 0.15) is 36.7 Å². The number of carbonyl (C=O) groups excluding carboxylic acids is 3. The fourth-order valence-corrected chi connectivity index (χ4v) is 2.49. The van der Waals surface area contributed by atoms with Gasteiger partial charge in [-0.3, -0.25) is 4.79 Å². The molecule has 0 atom stereocenters. The van der Waals surface area contributed by atoms with Gasteiger partial charge >= 0.3 is 11.9 Å². The lowest BCUT2D eigenvalue weighted by molar-refractivity contribution is -0.140. The SMILES string of the molecule is CCOC(=O)/C(=C\Nc1ccccc1COC(=O)c1ccccc1)C(=O)C(C)C. The van der Waals surface area contributed by atoms with E-state index in [0.717, 1.165) is 0 Å². The van der Waals surface area contributed by atoms with Crippen LogP contribution in [0.25, 0.3) is 0 Å². The molecule has 0 bridgehead atoms. The normalized spacial score (nSPS) is 11.1. The van der Waals surface area contributed by atoms with Gasteiger partial charge in [-0.25, -0.2) is 9.59 Å². The Kier molecular flexibility index (Phi) is 8.15. The molecule has 29 heavy (non-hydrogen) atoms. The second kappa shape index (κ2) is 10.8. The number of benzene rings is 2. The van der Waals surface area contributed by atoms with Gasteiger partial charge in [-0.15, -0.1) is 0 Å². The molecule has 2 aromatic carbocycles. The minimum atomic E-state index is -0.674. The average molecular weight is 395 g/mol. The van der Waals surface area contributed by atoms with Crippen LogP contribution < -0.4 is 5.32 Å². The van der Waals surface area contributed by atoms with Crippen molar-refractivity contribution < 1.29 is 23.9 Å². The highest BCUT2D eigenvalue weighted by Gasteiger charge is 2.22. The lowest BCUT2D eigenvalue weighted by Crippen LogP contribution is -2.21. The van der Waals surface area contributed by atoms with E-state index in [-0.39, 0.29) is 30.5 Å². The van der Waals surface area contributed by atoms with Crippen LogP contribution in [-0.4, -0.2) is 24.3 Å². The molecule has 0 unspecified atom stereocenters. The standard InChI is InChI=1S/C23H25NO5/c1-4-28-23(27)19(21(25)16(2)3)14-24-20-13-9-8-12-18(20)15-29-22(26)17-10-6-5-7-11-17/h5-14,16,24H,4,15H2,1-3H3/b19-14-. The van der Waals surface area contributed by atoms with Crippen molar-refractivity contribution in [3.05, 3.63) is 77.5 Å². The van der Waals surface area contributed by atoms with Crippen LogP contribution in [0.2, 0.25) is 0 Å². The predicted molar refractivity (Wildman–Crippen MR) is 110 cm³/mol. The third-order valence-corrected chi connectivity index (χ3v) is 4.04. The van der Waals surface area contributed by atoms with Gasteiger partial charge in [-0.05, 0) is 25.1 Å². The topological polar surface area (TPSA) is 81.7 Å². The van der Waals surface area contributed by atoms with Gasteiger partial charge in [0.1, 0.15) is 12.2 Å². The minimum Gasteiger partial charge on any atom is -0.462 e. The molecule has 152 valence electrons. The van der Waals surface area contributed by atoms with E-state index >= 15 is 0 Å². The van der Waals surface area contributed by atoms with Crippen LogP contribution in [0.3, 0.4) is 0 Å². The number of hydrogen-bond donors (Lipinski definition) is 1. The molecule has 0 aliphatic heterocycles. The van der Waals surface area contributed by atoms with Crippen LogP contribution in [0.15, 0.2) is 66.4 Å². The zero-order valence-electron chi connectivity index (χ0n) is 16.8. The molecule has 2 aromatic rings. The van der Waals surface area contributed by atoms with Crippen LogP contribution >= 0.6 is 0 Å². The molecule has 1 N–H and O–H groups in total. The molecule has 0 heterocycles. The molecule has 0 fully saturated rings. The zero-order chi connectivity index (χ0) is 21.2. The summed E-state index contributed by atoms with van der Waals surface area (Å²) in [4.78, 5) is 36.7. The summed E-state index contributed by atoms with van der Waals surface area (Å²) in [6.07, 6.45) is 1.35. The van der Waals surface area contributed by atoms with E-state index in [0.29, 0.717) is 16.8 Å². The molecule has 0 aromatic heterocycles. The second-order valence-corrected chi connectivity index (χ2v) is 6.54. The van der Waals surface area contributed by atoms with Crippen LogP contribution in [0, 0.1) is 5.92 Å². The molecule has 6 heteroatoms. The fraction of sp³-hybridized carbons (Fsp3) is 0.261. The highest BCUT2D eigenvalue weighted by molar-refractivity contribution is 6.18. The lowest BCUT2D eigenvalue weighted by Gasteiger charge is -2.12. The summed E-state index contributed by atoms with van der Waals surface area (Å²) >= 11 is 0. The molecule has 0 saturated heterocycles. The Morgan fingerprint density at radius 3 is 2.28 bits per heavy atom. The summed E-state index contributed by atoms with van der Waals surface area (Å²) in [5.41, 5.74) is 1.72. The third kappa shape index (κ3) is 6.31. The van der Waals surface area contributed by atoms with Gasteiger partial charge in [0.15, 0.2) is 5.78 Å². The highest BCUT2D eigenvalue weighted by atomic mass is 16.5. The molecule has 0 radical (unpaired) electrons. The summed E-state index contributed by atoms with van der Waals surface area (Å²) in [5, 5.41) is 2.98. The summed E-state index contributed by atoms with van der Waals surface area (Å²) in [6.45, 7) is 5.32. The summed E-state index contributed by atoms with van der Waals surface area (Å²) in [5.74, 6) is -1.77. The Labute approximate surface area is 170 Å². The number of carbonyl (C=O) groups is 3. The molecule has 0 saturated carbocycles. The van der Waals surface area contributed by atoms with E-state index in [9.17, 15) is 14.4 Å². The van der Waals surface area contributed by atoms with Crippen molar-refractivity contribution in [1.29, 1.82) is 0 Å². The first-order valence-electron chi connectivity index (χ1n) is 9.42. The molecule has 0 spiro atoms. The molecule has 0 amide bonds. The van der Waals surface area contributed by atoms with E-state index in [2.05, 4.69) is 5.32 Å². The number of rotatable bonds is 9. The predicted octanol–water partition coefficient (Wildman–Crippen LogP) is 4.13. The first kappa shape index (κ1) is 21.9. The van der Waals surface area contributed by atoms with Crippen molar-refractivity contribution in [3.63, 3.8) is 0 Å². The van der Waals surface area contributed by atoms with Gasteiger partial charge in [-0.2, -0.15) is 0 Å². The van der Waals surface area contributed by atoms with Gasteiger partial charge in [0.2, 0.25) is 0 Å². The van der Waals surface area contributed by atoms with E-state index in [4.69, 9.17) is 9.47 Å². The van der Waals surface area contributed by atoms with Gasteiger partial charge in [0, 0.05) is 23.4 Å². The van der Waals surface area contributed by atoms with Crippen molar-refractivity contribution in [2.45, 2.75) is 27.4 Å². The van der Waals surface area contributed by atoms with Gasteiger partial charge in [0.25, 0.3) is 0 Å². The molecule has 6 nitrogen and oxygen atoms in total. The number of ketones is 1. The van der Waals surface area contributed by atoms with Crippen molar-refractivity contribution in [3.8, 4) is 0 Å². The minimum absolute atomic E-state index is 0.0393. The Balaban J connectivity index is 2.16. The Morgan fingerprint density at radius 1 is 0.966 bits per heavy atom. The smallest absolute Gasteiger partial charge is 0.343 e. The van der Waals surface area contributed by atoms with Crippen molar-refractivity contribution >= 4 is 23.4 Å². The van der Waals surface area contributed by atoms with E-state index in [1.165, 1.54) is 6.20 Å². The van der Waals surface area contributed by atoms with E-state index in [1.54, 1.807) is 63.2 Å². The van der Waals surface area contributed by atoms with Crippen LogP contribution in [-0.2, 0) is 25.7 Å². The Morgan fingerprint density at radius 2 is 1.62 bits per heavy atom. The fourth-order valence-electron chi connectivity index (χ4n) is 2.49. The molecular weight excluding hydrogens is 370 g/mol. The molecular formula is C23H25NO5. The maximum Gasteiger partial charge on any atom is 0.343 e. The maximum atomic E-state index is 12.4. The number of Topliss-reactive ketones (excluding diaryl/α,β-unsaturated/α-hetero) is 1. The number of ether oxygens (including phenoxy) is 2. The van der Waals surface area contributed by atoms with Crippen molar-refractivity contribution in [2.24, 2.45) is 5.92 Å². The second-order valence-electron chi connectivity index (χ2n) is 6.54. The molecule has 2 rings (SSSR count). The number of anilines is 1. The lowest BCUT2D eigenvalue weighted by atomic mass is 10.0. The van der Waals surface area contributed by atoms with Gasteiger partial charge < -0.3 is 14.8 Å². The number of hydrogen-bond acceptors (Lipinski definition) is 6. The molecule has 0 aliphatic rings. The first-order chi connectivity index (χ1) is 13.9. The largest absolute Gasteiger partial charge is 0.462 e. The summed E-state index contributed by atoms with van der Waals surface area (Å²) in [6, 6.07) is 15.9. The van der Waals surface area contributed by atoms with Gasteiger partial charge in [-0.1, -0.05) is 50.2 Å². The monoisotopic (exact) mass is 395 g/mol. The average Bonchev–Trinajstić information content (AvgIpc) is 2.73. The molecule has 0 aliphatic carbocycles. The van der Waals surface area contributed by atoms with Gasteiger partial charge in [0.05, 0.1) is 12.2 Å². The van der Waals surface area contributed by atoms with E-state index < -0.39 is 11.9 Å². The quantitative estimate of drug-likeness (QED) is 0.298. The van der Waals surface area contributed by atoms with Crippen LogP contribution in [0.5, 0.6) is 0 Å². The number of para-hydroxylation sites is 1. The summed E-state index contributed by atoms with van der Waals surface area (Å²) in [7, 11) is 0. The number of esters is 2. The zero-order valence-corrected chi connectivity index (χ0v) is 16.8. The third-order valence-electron chi connectivity index (χ3n) is 4.04. The summed E-state index contributed by atoms with van der Waals surface area (Å²) < 4.78 is 10.4. The Hall–Kier alpha value is -3.41. The van der Waals surface area contributed by atoms with Crippen molar-refractivity contribution in [1.82, 2.24) is 0 Å². The van der Waals surface area contributed by atoms with Crippen LogP contribution in [0.4, 0.5) is 5.69 Å². The maximum absolute atomic E-state index is 12.4. The highest BCUT2D eigenvalue weighted by Crippen LogP contribution is 2.18. The van der Waals surface area contributed by atoms with E-state index in [1.807, 2.05) is 12.1 Å². The number of nitrogens with one attached hydrogen (secondary N) is 1.